The van der Waals surface area contributed by atoms with E-state index in [1.165, 1.54) is 41.0 Å². The van der Waals surface area contributed by atoms with Crippen LogP contribution in [0.25, 0.3) is 10.4 Å². The van der Waals surface area contributed by atoms with Crippen molar-refractivity contribution in [2.45, 2.75) is 77.0 Å². The predicted molar refractivity (Wildman–Crippen MR) is 155 cm³/mol. The van der Waals surface area contributed by atoms with E-state index in [-0.39, 0.29) is 11.9 Å². The van der Waals surface area contributed by atoms with E-state index in [2.05, 4.69) is 70.7 Å². The molecule has 3 aromatic rings. The van der Waals surface area contributed by atoms with Crippen LogP contribution in [0.4, 0.5) is 5.69 Å². The average Bonchev–Trinajstić information content (AvgIpc) is 3.62. The summed E-state index contributed by atoms with van der Waals surface area (Å²) >= 11 is 1.86. The molecule has 5 nitrogen and oxygen atoms in total. The molecule has 4 N–H and O–H groups in total. The van der Waals surface area contributed by atoms with E-state index in [0.717, 1.165) is 54.9 Å². The largest absolute Gasteiger partial charge is 0.382 e. The molecule has 6 heteroatoms. The van der Waals surface area contributed by atoms with Crippen LogP contribution in [-0.2, 0) is 6.54 Å². The molecule has 1 saturated heterocycles. The van der Waals surface area contributed by atoms with E-state index >= 15 is 0 Å². The van der Waals surface area contributed by atoms with Crippen LogP contribution in [0.5, 0.6) is 0 Å². The quantitative estimate of drug-likeness (QED) is 0.265. The van der Waals surface area contributed by atoms with Crippen molar-refractivity contribution in [1.29, 1.82) is 0 Å². The molecular weight excluding hydrogens is 476 g/mol. The van der Waals surface area contributed by atoms with Crippen molar-refractivity contribution in [2.24, 2.45) is 0 Å². The number of carbonyl (C=O) groups is 1. The Bertz CT molecular complexity index is 1190. The van der Waals surface area contributed by atoms with E-state index in [1.807, 2.05) is 30.4 Å². The molecule has 0 bridgehead atoms. The molecule has 196 valence electrons. The van der Waals surface area contributed by atoms with Crippen molar-refractivity contribution in [1.82, 2.24) is 16.0 Å². The van der Waals surface area contributed by atoms with Crippen molar-refractivity contribution >= 4 is 22.9 Å². The molecule has 1 aliphatic carbocycles. The first-order chi connectivity index (χ1) is 18.0. The normalized spacial score (nSPS) is 17.6. The van der Waals surface area contributed by atoms with Gasteiger partial charge in [-0.1, -0.05) is 37.1 Å². The number of thiophene rings is 1. The van der Waals surface area contributed by atoms with Gasteiger partial charge in [0.2, 0.25) is 0 Å². The molecule has 0 radical (unpaired) electrons. The van der Waals surface area contributed by atoms with Crippen LogP contribution in [0.1, 0.15) is 77.9 Å². The Kier molecular flexibility index (Phi) is 8.59. The van der Waals surface area contributed by atoms with Gasteiger partial charge in [-0.3, -0.25) is 4.79 Å². The number of anilines is 1. The lowest BCUT2D eigenvalue weighted by Gasteiger charge is -2.25. The van der Waals surface area contributed by atoms with Crippen molar-refractivity contribution in [3.8, 4) is 10.4 Å². The van der Waals surface area contributed by atoms with Crippen molar-refractivity contribution in [3.63, 3.8) is 0 Å². The Balaban J connectivity index is 1.22. The summed E-state index contributed by atoms with van der Waals surface area (Å²) in [5.74, 6) is -0.0271. The maximum absolute atomic E-state index is 13.3. The van der Waals surface area contributed by atoms with E-state index in [9.17, 15) is 4.79 Å². The Morgan fingerprint density at radius 3 is 2.62 bits per heavy atom. The van der Waals surface area contributed by atoms with Crippen LogP contribution < -0.4 is 21.3 Å². The highest BCUT2D eigenvalue weighted by Crippen LogP contribution is 2.30. The summed E-state index contributed by atoms with van der Waals surface area (Å²) < 4.78 is 0. The van der Waals surface area contributed by atoms with Crippen molar-refractivity contribution in [3.05, 3.63) is 76.2 Å². The summed E-state index contributed by atoms with van der Waals surface area (Å²) in [7, 11) is 0. The second-order valence-electron chi connectivity index (χ2n) is 10.6. The summed E-state index contributed by atoms with van der Waals surface area (Å²) in [5.41, 5.74) is 5.08. The summed E-state index contributed by atoms with van der Waals surface area (Å²) in [5, 5.41) is 14.0. The minimum atomic E-state index is -0.0867. The zero-order valence-corrected chi connectivity index (χ0v) is 22.9. The third-order valence-electron chi connectivity index (χ3n) is 7.79. The molecular formula is C31H40N4OS. The fraction of sp³-hybridized carbons (Fsp3) is 0.452. The number of aryl methyl sites for hydroxylation is 1. The molecule has 1 aliphatic heterocycles. The Morgan fingerprint density at radius 2 is 1.81 bits per heavy atom. The fourth-order valence-electron chi connectivity index (χ4n) is 5.48. The third-order valence-corrected chi connectivity index (χ3v) is 8.93. The van der Waals surface area contributed by atoms with Gasteiger partial charge >= 0.3 is 0 Å². The summed E-state index contributed by atoms with van der Waals surface area (Å²) in [4.78, 5) is 15.9. The molecule has 1 amide bonds. The smallest absolute Gasteiger partial charge is 0.252 e. The molecule has 2 heterocycles. The lowest BCUT2D eigenvalue weighted by molar-refractivity contribution is 0.0939. The fourth-order valence-corrected chi connectivity index (χ4v) is 6.44. The van der Waals surface area contributed by atoms with Gasteiger partial charge in [0.25, 0.3) is 5.91 Å². The van der Waals surface area contributed by atoms with E-state index < -0.39 is 0 Å². The molecule has 1 saturated carbocycles. The van der Waals surface area contributed by atoms with Crippen molar-refractivity contribution < 1.29 is 4.79 Å². The molecule has 0 spiro atoms. The lowest BCUT2D eigenvalue weighted by atomic mass is 10.0. The number of piperidine rings is 1. The maximum atomic E-state index is 13.3. The highest BCUT2D eigenvalue weighted by atomic mass is 32.1. The number of benzene rings is 2. The SMILES string of the molecule is Cc1ccc(NC2CCNCC2)cc1C(=O)NC(C)c1cccc(-c2ccc(CNC3CCCC3)s2)c1. The van der Waals surface area contributed by atoms with Crippen LogP contribution in [0.2, 0.25) is 0 Å². The molecule has 5 rings (SSSR count). The Hall–Kier alpha value is -2.67. The molecule has 2 aromatic carbocycles. The molecule has 1 unspecified atom stereocenters. The predicted octanol–water partition coefficient (Wildman–Crippen LogP) is 6.41. The van der Waals surface area contributed by atoms with E-state index in [1.54, 1.807) is 0 Å². The first-order valence-electron chi connectivity index (χ1n) is 13.9. The highest BCUT2D eigenvalue weighted by molar-refractivity contribution is 7.15. The standard InChI is InChI=1S/C31H40N4OS/c1-21-10-11-27(35-26-14-16-32-17-15-26)19-29(21)31(36)34-22(2)23-6-5-7-24(18-23)30-13-12-28(37-30)20-33-25-8-3-4-9-25/h5-7,10-13,18-19,22,25-26,32-33,35H,3-4,8-9,14-17,20H2,1-2H3,(H,34,36). The van der Waals surface area contributed by atoms with Crippen molar-refractivity contribution in [2.75, 3.05) is 18.4 Å². The van der Waals surface area contributed by atoms with Crippen LogP contribution in [0.3, 0.4) is 0 Å². The number of nitrogens with one attached hydrogen (secondary N) is 4. The summed E-state index contributed by atoms with van der Waals surface area (Å²) in [6, 6.07) is 20.2. The van der Waals surface area contributed by atoms with Gasteiger partial charge in [0.05, 0.1) is 6.04 Å². The minimum Gasteiger partial charge on any atom is -0.382 e. The Morgan fingerprint density at radius 1 is 1.00 bits per heavy atom. The monoisotopic (exact) mass is 516 g/mol. The Labute approximate surface area is 225 Å². The molecule has 2 aliphatic rings. The topological polar surface area (TPSA) is 65.2 Å². The lowest BCUT2D eigenvalue weighted by Crippen LogP contribution is -2.35. The van der Waals surface area contributed by atoms with Gasteiger partial charge in [-0.15, -0.1) is 11.3 Å². The minimum absolute atomic E-state index is 0.0271. The molecule has 1 aromatic heterocycles. The number of amides is 1. The number of hydrogen-bond donors (Lipinski definition) is 4. The van der Waals surface area contributed by atoms with Gasteiger partial charge in [0.15, 0.2) is 0 Å². The van der Waals surface area contributed by atoms with Gasteiger partial charge in [0, 0.05) is 39.6 Å². The molecule has 37 heavy (non-hydrogen) atoms. The third kappa shape index (κ3) is 6.81. The summed E-state index contributed by atoms with van der Waals surface area (Å²) in [6.07, 6.45) is 7.53. The maximum Gasteiger partial charge on any atom is 0.252 e. The number of hydrogen-bond acceptors (Lipinski definition) is 5. The average molecular weight is 517 g/mol. The van der Waals surface area contributed by atoms with E-state index in [0.29, 0.717) is 12.1 Å². The van der Waals surface area contributed by atoms with Crippen LogP contribution in [0.15, 0.2) is 54.6 Å². The summed E-state index contributed by atoms with van der Waals surface area (Å²) in [6.45, 7) is 7.10. The van der Waals surface area contributed by atoms with E-state index in [4.69, 9.17) is 0 Å². The zero-order valence-electron chi connectivity index (χ0n) is 22.1. The number of rotatable bonds is 9. The first-order valence-corrected chi connectivity index (χ1v) is 14.7. The van der Waals surface area contributed by atoms with Gasteiger partial charge in [-0.2, -0.15) is 0 Å². The van der Waals surface area contributed by atoms with Crippen LogP contribution in [-0.4, -0.2) is 31.1 Å². The van der Waals surface area contributed by atoms with Crippen LogP contribution in [0, 0.1) is 6.92 Å². The van der Waals surface area contributed by atoms with Gasteiger partial charge < -0.3 is 21.3 Å². The second kappa shape index (κ2) is 12.2. The van der Waals surface area contributed by atoms with Gasteiger partial charge in [-0.05, 0) is 99.6 Å². The highest BCUT2D eigenvalue weighted by Gasteiger charge is 2.18. The number of carbonyl (C=O) groups excluding carboxylic acids is 1. The second-order valence-corrected chi connectivity index (χ2v) is 11.8. The molecule has 1 atom stereocenters. The molecule has 2 fully saturated rings. The first kappa shape index (κ1) is 26.0. The zero-order chi connectivity index (χ0) is 25.6. The van der Waals surface area contributed by atoms with Crippen LogP contribution >= 0.6 is 11.3 Å². The van der Waals surface area contributed by atoms with Gasteiger partial charge in [-0.25, -0.2) is 0 Å². The van der Waals surface area contributed by atoms with Gasteiger partial charge in [0.1, 0.15) is 0 Å².